The van der Waals surface area contributed by atoms with Crippen molar-refractivity contribution in [2.75, 3.05) is 19.6 Å². The third-order valence-electron chi connectivity index (χ3n) is 2.68. The lowest BCUT2D eigenvalue weighted by Gasteiger charge is -2.13. The van der Waals surface area contributed by atoms with Gasteiger partial charge in [0.2, 0.25) is 5.91 Å². The molecule has 1 aliphatic rings. The number of carbonyl (C=O) groups excluding carboxylic acids is 3. The Morgan fingerprint density at radius 3 is 2.74 bits per heavy atom. The van der Waals surface area contributed by atoms with Crippen LogP contribution < -0.4 is 10.6 Å². The smallest absolute Gasteiger partial charge is 0.324 e. The molecule has 1 fully saturated rings. The molecule has 4 amide bonds. The van der Waals surface area contributed by atoms with E-state index in [4.69, 9.17) is 11.6 Å². The van der Waals surface area contributed by atoms with Gasteiger partial charge in [-0.15, -0.1) is 0 Å². The van der Waals surface area contributed by atoms with Crippen LogP contribution in [0.3, 0.4) is 0 Å². The Morgan fingerprint density at radius 1 is 1.37 bits per heavy atom. The standard InChI is InChI=1S/C12H12ClN3O3/c13-9-4-2-1-3-8(9)11(18)14-5-6-16-10(17)7-15-12(16)19/h1-4H,5-7H2,(H,14,18)(H,15,19). The number of rotatable bonds is 4. The van der Waals surface area contributed by atoms with E-state index < -0.39 is 6.03 Å². The zero-order valence-corrected chi connectivity index (χ0v) is 10.7. The second kappa shape index (κ2) is 5.71. The van der Waals surface area contributed by atoms with E-state index in [-0.39, 0.29) is 31.4 Å². The molecule has 0 aromatic heterocycles. The highest BCUT2D eigenvalue weighted by atomic mass is 35.5. The fourth-order valence-corrected chi connectivity index (χ4v) is 1.92. The third kappa shape index (κ3) is 3.03. The molecule has 1 saturated heterocycles. The van der Waals surface area contributed by atoms with E-state index in [9.17, 15) is 14.4 Å². The summed E-state index contributed by atoms with van der Waals surface area (Å²) < 4.78 is 0. The Hall–Kier alpha value is -2.08. The first-order valence-corrected chi connectivity index (χ1v) is 6.08. The van der Waals surface area contributed by atoms with Crippen molar-refractivity contribution in [3.8, 4) is 0 Å². The minimum Gasteiger partial charge on any atom is -0.350 e. The summed E-state index contributed by atoms with van der Waals surface area (Å²) in [5, 5.41) is 5.37. The quantitative estimate of drug-likeness (QED) is 0.794. The van der Waals surface area contributed by atoms with Crippen LogP contribution >= 0.6 is 11.6 Å². The van der Waals surface area contributed by atoms with Crippen molar-refractivity contribution >= 4 is 29.4 Å². The topological polar surface area (TPSA) is 78.5 Å². The van der Waals surface area contributed by atoms with Crippen molar-refractivity contribution in [2.24, 2.45) is 0 Å². The molecule has 1 heterocycles. The molecule has 0 aliphatic carbocycles. The van der Waals surface area contributed by atoms with Gasteiger partial charge in [0.1, 0.15) is 0 Å². The van der Waals surface area contributed by atoms with Gasteiger partial charge in [0.25, 0.3) is 5.91 Å². The summed E-state index contributed by atoms with van der Waals surface area (Å²) >= 11 is 5.88. The molecule has 0 bridgehead atoms. The van der Waals surface area contributed by atoms with Gasteiger partial charge < -0.3 is 10.6 Å². The average Bonchev–Trinajstić information content (AvgIpc) is 2.70. The van der Waals surface area contributed by atoms with E-state index >= 15 is 0 Å². The minimum atomic E-state index is -0.433. The lowest BCUT2D eigenvalue weighted by atomic mass is 10.2. The molecule has 1 aromatic rings. The number of nitrogens with zero attached hydrogens (tertiary/aromatic N) is 1. The lowest BCUT2D eigenvalue weighted by molar-refractivity contribution is -0.124. The molecule has 0 spiro atoms. The molecule has 6 nitrogen and oxygen atoms in total. The van der Waals surface area contributed by atoms with Crippen LogP contribution in [0, 0.1) is 0 Å². The molecule has 0 unspecified atom stereocenters. The second-order valence-corrected chi connectivity index (χ2v) is 4.35. The van der Waals surface area contributed by atoms with Crippen LogP contribution in [0.2, 0.25) is 5.02 Å². The number of imide groups is 1. The maximum atomic E-state index is 11.8. The number of urea groups is 1. The van der Waals surface area contributed by atoms with Crippen LogP contribution in [-0.4, -0.2) is 42.4 Å². The molecule has 0 saturated carbocycles. The molecule has 0 atom stereocenters. The Balaban J connectivity index is 1.86. The maximum absolute atomic E-state index is 11.8. The largest absolute Gasteiger partial charge is 0.350 e. The number of carbonyl (C=O) groups is 3. The normalized spacial score (nSPS) is 14.5. The molecule has 2 N–H and O–H groups in total. The second-order valence-electron chi connectivity index (χ2n) is 3.94. The fraction of sp³-hybridized carbons (Fsp3) is 0.250. The van der Waals surface area contributed by atoms with E-state index in [0.29, 0.717) is 10.6 Å². The van der Waals surface area contributed by atoms with Crippen molar-refractivity contribution in [3.63, 3.8) is 0 Å². The van der Waals surface area contributed by atoms with Crippen LogP contribution in [-0.2, 0) is 4.79 Å². The highest BCUT2D eigenvalue weighted by molar-refractivity contribution is 6.33. The van der Waals surface area contributed by atoms with Crippen LogP contribution in [0.15, 0.2) is 24.3 Å². The van der Waals surface area contributed by atoms with Gasteiger partial charge in [-0.1, -0.05) is 23.7 Å². The molecule has 1 aromatic carbocycles. The Bertz CT molecular complexity index is 517. The summed E-state index contributed by atoms with van der Waals surface area (Å²) in [5.74, 6) is -0.630. The van der Waals surface area contributed by atoms with Crippen LogP contribution in [0.4, 0.5) is 4.79 Å². The van der Waals surface area contributed by atoms with Gasteiger partial charge in [0.05, 0.1) is 17.1 Å². The van der Waals surface area contributed by atoms with Gasteiger partial charge >= 0.3 is 6.03 Å². The summed E-state index contributed by atoms with van der Waals surface area (Å²) in [7, 11) is 0. The molecular weight excluding hydrogens is 270 g/mol. The number of nitrogens with one attached hydrogen (secondary N) is 2. The summed E-state index contributed by atoms with van der Waals surface area (Å²) in [5.41, 5.74) is 0.362. The number of halogens is 1. The molecule has 2 rings (SSSR count). The van der Waals surface area contributed by atoms with E-state index in [1.54, 1.807) is 24.3 Å². The van der Waals surface area contributed by atoms with Crippen molar-refractivity contribution in [1.82, 2.24) is 15.5 Å². The van der Waals surface area contributed by atoms with Crippen molar-refractivity contribution in [2.45, 2.75) is 0 Å². The van der Waals surface area contributed by atoms with E-state index in [1.807, 2.05) is 0 Å². The number of hydrogen-bond donors (Lipinski definition) is 2. The van der Waals surface area contributed by atoms with Crippen LogP contribution in [0.5, 0.6) is 0 Å². The zero-order chi connectivity index (χ0) is 13.8. The molecule has 7 heteroatoms. The molecule has 0 radical (unpaired) electrons. The van der Waals surface area contributed by atoms with Gasteiger partial charge in [0.15, 0.2) is 0 Å². The summed E-state index contributed by atoms with van der Waals surface area (Å²) in [6, 6.07) is 6.22. The molecule has 100 valence electrons. The van der Waals surface area contributed by atoms with Crippen LogP contribution in [0.1, 0.15) is 10.4 Å². The SMILES string of the molecule is O=C(NCCN1C(=O)CNC1=O)c1ccccc1Cl. The Labute approximate surface area is 114 Å². The number of hydrogen-bond acceptors (Lipinski definition) is 3. The van der Waals surface area contributed by atoms with Gasteiger partial charge in [0, 0.05) is 13.1 Å². The third-order valence-corrected chi connectivity index (χ3v) is 3.01. The van der Waals surface area contributed by atoms with Gasteiger partial charge in [-0.25, -0.2) is 4.79 Å². The summed E-state index contributed by atoms with van der Waals surface area (Å²) in [6.45, 7) is 0.335. The van der Waals surface area contributed by atoms with E-state index in [0.717, 1.165) is 4.90 Å². The summed E-state index contributed by atoms with van der Waals surface area (Å²) in [6.07, 6.45) is 0. The number of benzene rings is 1. The van der Waals surface area contributed by atoms with Gasteiger partial charge in [-0.05, 0) is 12.1 Å². The fourth-order valence-electron chi connectivity index (χ4n) is 1.70. The minimum absolute atomic E-state index is 0.0112. The van der Waals surface area contributed by atoms with Crippen molar-refractivity contribution < 1.29 is 14.4 Å². The maximum Gasteiger partial charge on any atom is 0.324 e. The highest BCUT2D eigenvalue weighted by Gasteiger charge is 2.27. The molecule has 1 aliphatic heterocycles. The number of amides is 4. The van der Waals surface area contributed by atoms with E-state index in [1.165, 1.54) is 0 Å². The van der Waals surface area contributed by atoms with Gasteiger partial charge in [-0.2, -0.15) is 0 Å². The first kappa shape index (κ1) is 13.4. The average molecular weight is 282 g/mol. The molecular formula is C12H12ClN3O3. The Morgan fingerprint density at radius 2 is 2.11 bits per heavy atom. The monoisotopic (exact) mass is 281 g/mol. The first-order chi connectivity index (χ1) is 9.09. The predicted molar refractivity (Wildman–Crippen MR) is 68.9 cm³/mol. The van der Waals surface area contributed by atoms with E-state index in [2.05, 4.69) is 10.6 Å². The van der Waals surface area contributed by atoms with Crippen molar-refractivity contribution in [1.29, 1.82) is 0 Å². The van der Waals surface area contributed by atoms with Gasteiger partial charge in [-0.3, -0.25) is 14.5 Å². The Kier molecular flexibility index (Phi) is 4.01. The predicted octanol–water partition coefficient (Wildman–Crippen LogP) is 0.622. The first-order valence-electron chi connectivity index (χ1n) is 5.70. The van der Waals surface area contributed by atoms with Crippen LogP contribution in [0.25, 0.3) is 0 Å². The highest BCUT2D eigenvalue weighted by Crippen LogP contribution is 2.14. The molecule has 19 heavy (non-hydrogen) atoms. The zero-order valence-electron chi connectivity index (χ0n) is 9.98. The summed E-state index contributed by atoms with van der Waals surface area (Å²) in [4.78, 5) is 35.4. The van der Waals surface area contributed by atoms with Crippen molar-refractivity contribution in [3.05, 3.63) is 34.9 Å². The lowest BCUT2D eigenvalue weighted by Crippen LogP contribution is -2.38.